The Balaban J connectivity index is 1.66. The molecule has 2 heterocycles. The van der Waals surface area contributed by atoms with Gasteiger partial charge in [-0.05, 0) is 42.1 Å². The van der Waals surface area contributed by atoms with Gasteiger partial charge in [0.2, 0.25) is 10.0 Å². The number of aryl methyl sites for hydroxylation is 1. The Kier molecular flexibility index (Phi) is 5.50. The number of nitrogens with zero attached hydrogens (tertiary/aromatic N) is 2. The molecule has 132 valence electrons. The van der Waals surface area contributed by atoms with Crippen molar-refractivity contribution in [3.05, 3.63) is 57.5 Å². The van der Waals surface area contributed by atoms with Crippen LogP contribution < -0.4 is 4.72 Å². The molecule has 0 aliphatic rings. The Morgan fingerprint density at radius 1 is 1.24 bits per heavy atom. The van der Waals surface area contributed by atoms with E-state index in [-0.39, 0.29) is 16.5 Å². The minimum atomic E-state index is -3.72. The van der Waals surface area contributed by atoms with Crippen LogP contribution in [0.3, 0.4) is 0 Å². The van der Waals surface area contributed by atoms with E-state index in [2.05, 4.69) is 9.82 Å². The van der Waals surface area contributed by atoms with E-state index in [1.165, 1.54) is 12.1 Å². The fourth-order valence-electron chi connectivity index (χ4n) is 2.25. The molecule has 0 spiro atoms. The van der Waals surface area contributed by atoms with Gasteiger partial charge in [-0.2, -0.15) is 5.10 Å². The third kappa shape index (κ3) is 4.24. The molecule has 0 saturated carbocycles. The summed E-state index contributed by atoms with van der Waals surface area (Å²) in [5, 5.41) is 6.95. The van der Waals surface area contributed by atoms with Gasteiger partial charge in [0.1, 0.15) is 10.6 Å². The summed E-state index contributed by atoms with van der Waals surface area (Å²) in [6.45, 7) is 2.34. The number of nitrogens with one attached hydrogen (secondary N) is 1. The first kappa shape index (κ1) is 18.4. The molecule has 0 unspecified atom stereocenters. The van der Waals surface area contributed by atoms with E-state index in [9.17, 15) is 8.42 Å². The molecule has 0 atom stereocenters. The Morgan fingerprint density at radius 3 is 2.76 bits per heavy atom. The SMILES string of the molecule is Cc1cc(S(=O)(=O)NCCn2ccc(-c3cccs3)n2)c(Cl)cc1Cl. The van der Waals surface area contributed by atoms with Crippen molar-refractivity contribution in [1.82, 2.24) is 14.5 Å². The molecule has 5 nitrogen and oxygen atoms in total. The zero-order chi connectivity index (χ0) is 18.0. The first-order valence-electron chi connectivity index (χ1n) is 7.39. The third-order valence-electron chi connectivity index (χ3n) is 3.55. The minimum Gasteiger partial charge on any atom is -0.271 e. The highest BCUT2D eigenvalue weighted by atomic mass is 35.5. The van der Waals surface area contributed by atoms with Gasteiger partial charge in [-0.15, -0.1) is 11.3 Å². The zero-order valence-corrected chi connectivity index (χ0v) is 16.4. The molecule has 25 heavy (non-hydrogen) atoms. The summed E-state index contributed by atoms with van der Waals surface area (Å²) in [6.07, 6.45) is 1.82. The lowest BCUT2D eigenvalue weighted by Gasteiger charge is -2.10. The molecule has 0 bridgehead atoms. The van der Waals surface area contributed by atoms with Crippen molar-refractivity contribution >= 4 is 44.6 Å². The summed E-state index contributed by atoms with van der Waals surface area (Å²) in [4.78, 5) is 1.10. The summed E-state index contributed by atoms with van der Waals surface area (Å²) in [5.41, 5.74) is 1.52. The van der Waals surface area contributed by atoms with E-state index in [4.69, 9.17) is 23.2 Å². The van der Waals surface area contributed by atoms with Crippen molar-refractivity contribution in [3.63, 3.8) is 0 Å². The Morgan fingerprint density at radius 2 is 2.04 bits per heavy atom. The van der Waals surface area contributed by atoms with Crippen molar-refractivity contribution in [2.24, 2.45) is 0 Å². The lowest BCUT2D eigenvalue weighted by atomic mass is 10.2. The number of aromatic nitrogens is 2. The van der Waals surface area contributed by atoms with Gasteiger partial charge < -0.3 is 0 Å². The van der Waals surface area contributed by atoms with Gasteiger partial charge in [-0.1, -0.05) is 29.3 Å². The molecule has 0 amide bonds. The number of sulfonamides is 1. The third-order valence-corrected chi connectivity index (χ3v) is 6.78. The first-order chi connectivity index (χ1) is 11.9. The molecule has 2 aromatic heterocycles. The molecule has 0 saturated heterocycles. The molecule has 3 rings (SSSR count). The van der Waals surface area contributed by atoms with Crippen LogP contribution in [0.1, 0.15) is 5.56 Å². The summed E-state index contributed by atoms with van der Waals surface area (Å²) in [7, 11) is -3.72. The summed E-state index contributed by atoms with van der Waals surface area (Å²) in [6, 6.07) is 8.76. The van der Waals surface area contributed by atoms with Gasteiger partial charge in [0.15, 0.2) is 0 Å². The normalized spacial score (nSPS) is 11.8. The molecule has 0 radical (unpaired) electrons. The Bertz CT molecular complexity index is 983. The number of hydrogen-bond acceptors (Lipinski definition) is 4. The topological polar surface area (TPSA) is 64.0 Å². The standard InChI is InChI=1S/C16H15Cl2N3O2S2/c1-11-9-16(13(18)10-12(11)17)25(22,23)19-5-7-21-6-4-14(20-21)15-3-2-8-24-15/h2-4,6,8-10,19H,5,7H2,1H3. The Labute approximate surface area is 160 Å². The van der Waals surface area contributed by atoms with Crippen LogP contribution in [0, 0.1) is 6.92 Å². The van der Waals surface area contributed by atoms with E-state index in [0.29, 0.717) is 17.1 Å². The minimum absolute atomic E-state index is 0.0239. The molecular formula is C16H15Cl2N3O2S2. The van der Waals surface area contributed by atoms with Gasteiger partial charge in [0.25, 0.3) is 0 Å². The van der Waals surface area contributed by atoms with Crippen molar-refractivity contribution in [2.75, 3.05) is 6.54 Å². The average molecular weight is 416 g/mol. The van der Waals surface area contributed by atoms with E-state index in [0.717, 1.165) is 10.6 Å². The molecule has 3 aromatic rings. The largest absolute Gasteiger partial charge is 0.271 e. The highest BCUT2D eigenvalue weighted by Gasteiger charge is 2.19. The lowest BCUT2D eigenvalue weighted by molar-refractivity contribution is 0.561. The summed E-state index contributed by atoms with van der Waals surface area (Å²) >= 11 is 13.6. The van der Waals surface area contributed by atoms with Crippen LogP contribution in [0.5, 0.6) is 0 Å². The first-order valence-corrected chi connectivity index (χ1v) is 10.5. The van der Waals surface area contributed by atoms with Crippen molar-refractivity contribution < 1.29 is 8.42 Å². The number of hydrogen-bond donors (Lipinski definition) is 1. The number of thiophene rings is 1. The Hall–Kier alpha value is -1.38. The molecule has 0 aliphatic heterocycles. The highest BCUT2D eigenvalue weighted by molar-refractivity contribution is 7.89. The van der Waals surface area contributed by atoms with E-state index in [1.54, 1.807) is 22.9 Å². The maximum Gasteiger partial charge on any atom is 0.242 e. The van der Waals surface area contributed by atoms with Crippen LogP contribution in [0.15, 0.2) is 46.8 Å². The van der Waals surface area contributed by atoms with Crippen LogP contribution >= 0.6 is 34.5 Å². The monoisotopic (exact) mass is 415 g/mol. The smallest absolute Gasteiger partial charge is 0.242 e. The van der Waals surface area contributed by atoms with Gasteiger partial charge in [0.05, 0.1) is 16.4 Å². The van der Waals surface area contributed by atoms with Gasteiger partial charge >= 0.3 is 0 Å². The molecular weight excluding hydrogens is 401 g/mol. The number of rotatable bonds is 6. The fourth-order valence-corrected chi connectivity index (χ4v) is 4.79. The molecule has 1 N–H and O–H groups in total. The predicted octanol–water partition coefficient (Wildman–Crippen LogP) is 4.21. The molecule has 0 aliphatic carbocycles. The molecule has 0 fully saturated rings. The molecule has 1 aromatic carbocycles. The number of benzene rings is 1. The summed E-state index contributed by atoms with van der Waals surface area (Å²) in [5.74, 6) is 0. The molecule has 9 heteroatoms. The van der Waals surface area contributed by atoms with Gasteiger partial charge in [0, 0.05) is 17.8 Å². The van der Waals surface area contributed by atoms with E-state index < -0.39 is 10.0 Å². The van der Waals surface area contributed by atoms with Crippen molar-refractivity contribution in [2.45, 2.75) is 18.4 Å². The highest BCUT2D eigenvalue weighted by Crippen LogP contribution is 2.28. The predicted molar refractivity (Wildman–Crippen MR) is 102 cm³/mol. The second kappa shape index (κ2) is 7.47. The van der Waals surface area contributed by atoms with Crippen LogP contribution in [0.4, 0.5) is 0 Å². The van der Waals surface area contributed by atoms with Crippen LogP contribution in [0.25, 0.3) is 10.6 Å². The van der Waals surface area contributed by atoms with Crippen molar-refractivity contribution in [1.29, 1.82) is 0 Å². The second-order valence-corrected chi connectivity index (χ2v) is 8.87. The van der Waals surface area contributed by atoms with E-state index >= 15 is 0 Å². The zero-order valence-electron chi connectivity index (χ0n) is 13.2. The van der Waals surface area contributed by atoms with Crippen LogP contribution in [0.2, 0.25) is 10.0 Å². The van der Waals surface area contributed by atoms with Crippen LogP contribution in [-0.2, 0) is 16.6 Å². The second-order valence-electron chi connectivity index (χ2n) is 5.37. The maximum absolute atomic E-state index is 12.4. The average Bonchev–Trinajstić information content (AvgIpc) is 3.21. The fraction of sp³-hybridized carbons (Fsp3) is 0.188. The summed E-state index contributed by atoms with van der Waals surface area (Å²) < 4.78 is 29.1. The van der Waals surface area contributed by atoms with Crippen molar-refractivity contribution in [3.8, 4) is 10.6 Å². The van der Waals surface area contributed by atoms with Gasteiger partial charge in [-0.25, -0.2) is 13.1 Å². The maximum atomic E-state index is 12.4. The van der Waals surface area contributed by atoms with Gasteiger partial charge in [-0.3, -0.25) is 4.68 Å². The van der Waals surface area contributed by atoms with Crippen LogP contribution in [-0.4, -0.2) is 24.7 Å². The lowest BCUT2D eigenvalue weighted by Crippen LogP contribution is -2.28. The number of halogens is 2. The van der Waals surface area contributed by atoms with E-state index in [1.807, 2.05) is 29.8 Å². The quantitative estimate of drug-likeness (QED) is 0.655.